The maximum atomic E-state index is 5.71. The number of nitrogens with zero attached hydrogens (tertiary/aromatic N) is 1. The Morgan fingerprint density at radius 2 is 2.20 bits per heavy atom. The van der Waals surface area contributed by atoms with Crippen LogP contribution in [0.15, 0.2) is 41.0 Å². The fourth-order valence-electron chi connectivity index (χ4n) is 2.66. The van der Waals surface area contributed by atoms with E-state index in [-0.39, 0.29) is 0 Å². The van der Waals surface area contributed by atoms with Gasteiger partial charge in [0.05, 0.1) is 12.0 Å². The first-order valence-electron chi connectivity index (χ1n) is 6.71. The van der Waals surface area contributed by atoms with Gasteiger partial charge in [0.15, 0.2) is 0 Å². The summed E-state index contributed by atoms with van der Waals surface area (Å²) in [6, 6.07) is 10.3. The van der Waals surface area contributed by atoms with Crippen LogP contribution in [-0.2, 0) is 19.4 Å². The summed E-state index contributed by atoms with van der Waals surface area (Å²) in [6.07, 6.45) is 3.75. The van der Waals surface area contributed by atoms with Crippen LogP contribution in [0, 0.1) is 0 Å². The predicted molar refractivity (Wildman–Crippen MR) is 80.6 cm³/mol. The molecule has 3 nitrogen and oxygen atoms in total. The van der Waals surface area contributed by atoms with Crippen molar-refractivity contribution in [3.63, 3.8) is 0 Å². The first-order chi connectivity index (χ1) is 9.85. The number of rotatable bonds is 2. The molecule has 0 aliphatic heterocycles. The molecule has 0 bridgehead atoms. The summed E-state index contributed by atoms with van der Waals surface area (Å²) >= 11 is 1.78. The molecule has 0 fully saturated rings. The predicted octanol–water partition coefficient (Wildman–Crippen LogP) is 3.63. The van der Waals surface area contributed by atoms with E-state index in [0.717, 1.165) is 46.0 Å². The molecule has 100 valence electrons. The second-order valence-electron chi connectivity index (χ2n) is 4.95. The van der Waals surface area contributed by atoms with Crippen LogP contribution in [0.5, 0.6) is 0 Å². The second-order valence-corrected chi connectivity index (χ2v) is 6.04. The van der Waals surface area contributed by atoms with Crippen LogP contribution in [-0.4, -0.2) is 4.98 Å². The van der Waals surface area contributed by atoms with Crippen LogP contribution >= 0.6 is 11.3 Å². The van der Waals surface area contributed by atoms with E-state index in [9.17, 15) is 0 Å². The Kier molecular flexibility index (Phi) is 2.72. The van der Waals surface area contributed by atoms with E-state index in [1.165, 1.54) is 4.88 Å². The first-order valence-corrected chi connectivity index (χ1v) is 7.52. The number of hydrogen-bond acceptors (Lipinski definition) is 4. The van der Waals surface area contributed by atoms with E-state index in [2.05, 4.69) is 12.1 Å². The van der Waals surface area contributed by atoms with Crippen LogP contribution in [0.25, 0.3) is 21.8 Å². The van der Waals surface area contributed by atoms with E-state index in [1.807, 2.05) is 18.2 Å². The Bertz CT molecular complexity index is 772. The number of benzene rings is 1. The molecule has 2 aromatic heterocycles. The molecule has 0 saturated carbocycles. The third-order valence-corrected chi connectivity index (χ3v) is 4.85. The van der Waals surface area contributed by atoms with Gasteiger partial charge < -0.3 is 10.2 Å². The topological polar surface area (TPSA) is 52.0 Å². The first kappa shape index (κ1) is 11.9. The third-order valence-electron chi connectivity index (χ3n) is 3.69. The quantitative estimate of drug-likeness (QED) is 0.781. The number of aromatic nitrogens is 1. The van der Waals surface area contributed by atoms with Crippen molar-refractivity contribution in [2.24, 2.45) is 5.73 Å². The van der Waals surface area contributed by atoms with Gasteiger partial charge in [0.2, 0.25) is 0 Å². The zero-order chi connectivity index (χ0) is 13.5. The van der Waals surface area contributed by atoms with Crippen molar-refractivity contribution in [1.29, 1.82) is 0 Å². The second kappa shape index (κ2) is 4.58. The van der Waals surface area contributed by atoms with Gasteiger partial charge in [-0.05, 0) is 24.1 Å². The molecule has 0 unspecified atom stereocenters. The Morgan fingerprint density at radius 3 is 3.10 bits per heavy atom. The van der Waals surface area contributed by atoms with Crippen molar-refractivity contribution in [3.8, 4) is 21.8 Å². The van der Waals surface area contributed by atoms with E-state index >= 15 is 0 Å². The van der Waals surface area contributed by atoms with Gasteiger partial charge in [0.1, 0.15) is 10.8 Å². The maximum absolute atomic E-state index is 5.71. The van der Waals surface area contributed by atoms with Crippen molar-refractivity contribution in [2.75, 3.05) is 0 Å². The van der Waals surface area contributed by atoms with Crippen molar-refractivity contribution >= 4 is 11.3 Å². The number of thiazole rings is 1. The molecule has 0 saturated heterocycles. The standard InChI is InChI=1S/C16H14N2OS/c17-9-10-2-1-3-11(8-10)16-18-15-12-6-7-19-13(12)4-5-14(15)20-16/h1-3,6-8H,4-5,9,17H2. The number of fused-ring (bicyclic) bond motifs is 3. The van der Waals surface area contributed by atoms with E-state index in [0.29, 0.717) is 6.54 Å². The zero-order valence-corrected chi connectivity index (χ0v) is 11.7. The van der Waals surface area contributed by atoms with Gasteiger partial charge in [-0.25, -0.2) is 4.98 Å². The van der Waals surface area contributed by atoms with Crippen LogP contribution in [0.3, 0.4) is 0 Å². The van der Waals surface area contributed by atoms with Gasteiger partial charge in [0.25, 0.3) is 0 Å². The summed E-state index contributed by atoms with van der Waals surface area (Å²) in [5.74, 6) is 1.06. The lowest BCUT2D eigenvalue weighted by atomic mass is 10.0. The van der Waals surface area contributed by atoms with Crippen molar-refractivity contribution < 1.29 is 4.42 Å². The van der Waals surface area contributed by atoms with Crippen LogP contribution in [0.2, 0.25) is 0 Å². The average Bonchev–Trinajstić information content (AvgIpc) is 3.12. The molecule has 1 aliphatic rings. The minimum atomic E-state index is 0.560. The molecule has 2 N–H and O–H groups in total. The highest BCUT2D eigenvalue weighted by atomic mass is 32.1. The van der Waals surface area contributed by atoms with Gasteiger partial charge in [-0.1, -0.05) is 18.2 Å². The third kappa shape index (κ3) is 1.80. The Hall–Kier alpha value is -1.91. The molecule has 1 aromatic carbocycles. The minimum absolute atomic E-state index is 0.560. The average molecular weight is 282 g/mol. The molecule has 1 aliphatic carbocycles. The lowest BCUT2D eigenvalue weighted by Crippen LogP contribution is -1.98. The lowest BCUT2D eigenvalue weighted by Gasteiger charge is -2.07. The molecular formula is C16H14N2OS. The van der Waals surface area contributed by atoms with Gasteiger partial charge >= 0.3 is 0 Å². The van der Waals surface area contributed by atoms with Gasteiger partial charge in [0, 0.05) is 29.0 Å². The molecule has 3 aromatic rings. The van der Waals surface area contributed by atoms with Crippen LogP contribution in [0.4, 0.5) is 0 Å². The summed E-state index contributed by atoms with van der Waals surface area (Å²) in [7, 11) is 0. The smallest absolute Gasteiger partial charge is 0.124 e. The maximum Gasteiger partial charge on any atom is 0.124 e. The molecule has 0 radical (unpaired) electrons. The zero-order valence-electron chi connectivity index (χ0n) is 10.9. The van der Waals surface area contributed by atoms with Gasteiger partial charge in [-0.3, -0.25) is 0 Å². The van der Waals surface area contributed by atoms with Crippen LogP contribution < -0.4 is 5.73 Å². The monoisotopic (exact) mass is 282 g/mol. The molecule has 4 rings (SSSR count). The molecule has 0 spiro atoms. The fourth-order valence-corrected chi connectivity index (χ4v) is 3.73. The highest BCUT2D eigenvalue weighted by Gasteiger charge is 2.23. The van der Waals surface area contributed by atoms with Gasteiger partial charge in [-0.15, -0.1) is 11.3 Å². The Labute approximate surface area is 121 Å². The highest BCUT2D eigenvalue weighted by Crippen LogP contribution is 2.39. The summed E-state index contributed by atoms with van der Waals surface area (Å²) in [5, 5.41) is 1.07. The van der Waals surface area contributed by atoms with Gasteiger partial charge in [-0.2, -0.15) is 0 Å². The summed E-state index contributed by atoms with van der Waals surface area (Å²) in [6.45, 7) is 0.560. The Balaban J connectivity index is 1.82. The van der Waals surface area contributed by atoms with E-state index in [4.69, 9.17) is 15.1 Å². The molecule has 0 amide bonds. The normalized spacial score (nSPS) is 13.1. The van der Waals surface area contributed by atoms with E-state index < -0.39 is 0 Å². The van der Waals surface area contributed by atoms with Crippen molar-refractivity contribution in [3.05, 3.63) is 52.8 Å². The lowest BCUT2D eigenvalue weighted by molar-refractivity contribution is 0.508. The molecule has 4 heteroatoms. The number of hydrogen-bond donors (Lipinski definition) is 1. The van der Waals surface area contributed by atoms with Crippen molar-refractivity contribution in [2.45, 2.75) is 19.4 Å². The molecular weight excluding hydrogens is 268 g/mol. The SMILES string of the molecule is NCc1cccc(-c2nc3c(s2)CCc2occc2-3)c1. The molecule has 20 heavy (non-hydrogen) atoms. The fraction of sp³-hybridized carbons (Fsp3) is 0.188. The number of nitrogens with two attached hydrogens (primary N) is 1. The summed E-state index contributed by atoms with van der Waals surface area (Å²) in [4.78, 5) is 6.18. The highest BCUT2D eigenvalue weighted by molar-refractivity contribution is 7.15. The van der Waals surface area contributed by atoms with Crippen molar-refractivity contribution in [1.82, 2.24) is 4.98 Å². The summed E-state index contributed by atoms with van der Waals surface area (Å²) in [5.41, 5.74) is 10.3. The van der Waals surface area contributed by atoms with Crippen LogP contribution in [0.1, 0.15) is 16.2 Å². The molecule has 0 atom stereocenters. The Morgan fingerprint density at radius 1 is 1.25 bits per heavy atom. The minimum Gasteiger partial charge on any atom is -0.469 e. The molecule has 2 heterocycles. The number of aryl methyl sites for hydroxylation is 2. The summed E-state index contributed by atoms with van der Waals surface area (Å²) < 4.78 is 5.51. The number of furan rings is 1. The largest absolute Gasteiger partial charge is 0.469 e. The van der Waals surface area contributed by atoms with E-state index in [1.54, 1.807) is 17.6 Å².